The van der Waals surface area contributed by atoms with E-state index in [0.29, 0.717) is 0 Å². The molecular weight excluding hydrogens is 200 g/mol. The van der Waals surface area contributed by atoms with E-state index in [-0.39, 0.29) is 37.4 Å². The normalized spacial score (nSPS) is 23.7. The lowest BCUT2D eigenvalue weighted by Gasteiger charge is -2.23. The van der Waals surface area contributed by atoms with Crippen LogP contribution in [0.1, 0.15) is 26.2 Å². The zero-order valence-corrected chi connectivity index (χ0v) is 8.56. The highest BCUT2D eigenvalue weighted by atomic mass is 16.5. The summed E-state index contributed by atoms with van der Waals surface area (Å²) in [5.74, 6) is -2.08. The van der Waals surface area contributed by atoms with Crippen LogP contribution in [0.5, 0.6) is 0 Å². The summed E-state index contributed by atoms with van der Waals surface area (Å²) in [6, 6.07) is 0. The Kier molecular flexibility index (Phi) is 3.96. The van der Waals surface area contributed by atoms with Crippen molar-refractivity contribution in [3.63, 3.8) is 0 Å². The minimum absolute atomic E-state index is 0.0567. The number of Topliss-reactive ketones (excluding diaryl/α,β-unsaturated/α-hetero) is 2. The van der Waals surface area contributed by atoms with E-state index in [0.717, 1.165) is 0 Å². The molecule has 2 atom stereocenters. The summed E-state index contributed by atoms with van der Waals surface area (Å²) < 4.78 is 4.59. The lowest BCUT2D eigenvalue weighted by atomic mass is 9.83. The standard InChI is InChI=1S/C10H14O5/c1-2-15-10(14)9(13)7-5-6(11)3-4-8(7)12/h7,9,13H,2-5H2,1H3/t7-,9+/m0/s1. The van der Waals surface area contributed by atoms with Gasteiger partial charge in [0.05, 0.1) is 12.5 Å². The fourth-order valence-corrected chi connectivity index (χ4v) is 1.59. The van der Waals surface area contributed by atoms with Crippen LogP contribution in [0.2, 0.25) is 0 Å². The van der Waals surface area contributed by atoms with Gasteiger partial charge in [0.1, 0.15) is 11.6 Å². The fraction of sp³-hybridized carbons (Fsp3) is 0.700. The number of rotatable bonds is 3. The Bertz CT molecular complexity index is 284. The molecule has 5 heteroatoms. The van der Waals surface area contributed by atoms with E-state index in [2.05, 4.69) is 4.74 Å². The van der Waals surface area contributed by atoms with Crippen LogP contribution in [0.15, 0.2) is 0 Å². The Morgan fingerprint density at radius 2 is 2.20 bits per heavy atom. The molecule has 0 aromatic rings. The molecule has 15 heavy (non-hydrogen) atoms. The fourth-order valence-electron chi connectivity index (χ4n) is 1.59. The maximum absolute atomic E-state index is 11.4. The third-order valence-electron chi connectivity index (χ3n) is 2.42. The summed E-state index contributed by atoms with van der Waals surface area (Å²) in [7, 11) is 0. The van der Waals surface area contributed by atoms with E-state index in [9.17, 15) is 19.5 Å². The van der Waals surface area contributed by atoms with Crippen molar-refractivity contribution in [3.05, 3.63) is 0 Å². The predicted molar refractivity (Wildman–Crippen MR) is 50.0 cm³/mol. The number of ketones is 2. The summed E-state index contributed by atoms with van der Waals surface area (Å²) in [5.41, 5.74) is 0. The van der Waals surface area contributed by atoms with Gasteiger partial charge in [-0.3, -0.25) is 9.59 Å². The quantitative estimate of drug-likeness (QED) is 0.661. The molecule has 0 unspecified atom stereocenters. The highest BCUT2D eigenvalue weighted by molar-refractivity contribution is 5.97. The van der Waals surface area contributed by atoms with Crippen molar-refractivity contribution in [2.75, 3.05) is 6.61 Å². The predicted octanol–water partition coefficient (Wildman–Crippen LogP) is -0.151. The topological polar surface area (TPSA) is 80.7 Å². The number of aliphatic hydroxyl groups is 1. The highest BCUT2D eigenvalue weighted by Crippen LogP contribution is 2.21. The molecule has 1 rings (SSSR count). The van der Waals surface area contributed by atoms with Crippen LogP contribution in [-0.4, -0.2) is 35.4 Å². The minimum Gasteiger partial charge on any atom is -0.464 e. The van der Waals surface area contributed by atoms with Gasteiger partial charge in [-0.15, -0.1) is 0 Å². The molecule has 0 aromatic heterocycles. The van der Waals surface area contributed by atoms with E-state index in [4.69, 9.17) is 0 Å². The maximum atomic E-state index is 11.4. The number of aliphatic hydroxyl groups excluding tert-OH is 1. The number of esters is 1. The Hall–Kier alpha value is -1.23. The average molecular weight is 214 g/mol. The molecule has 1 N–H and O–H groups in total. The first-order valence-electron chi connectivity index (χ1n) is 4.95. The summed E-state index contributed by atoms with van der Waals surface area (Å²) >= 11 is 0. The second kappa shape index (κ2) is 5.02. The van der Waals surface area contributed by atoms with Gasteiger partial charge in [-0.25, -0.2) is 4.79 Å². The van der Waals surface area contributed by atoms with Gasteiger partial charge in [0.25, 0.3) is 0 Å². The maximum Gasteiger partial charge on any atom is 0.335 e. The van der Waals surface area contributed by atoms with Gasteiger partial charge in [-0.1, -0.05) is 0 Å². The van der Waals surface area contributed by atoms with Gasteiger partial charge >= 0.3 is 5.97 Å². The molecule has 0 heterocycles. The van der Waals surface area contributed by atoms with E-state index < -0.39 is 18.0 Å². The number of ether oxygens (including phenoxy) is 1. The number of hydrogen-bond donors (Lipinski definition) is 1. The highest BCUT2D eigenvalue weighted by Gasteiger charge is 2.37. The molecule has 1 fully saturated rings. The van der Waals surface area contributed by atoms with Crippen LogP contribution in [0, 0.1) is 5.92 Å². The van der Waals surface area contributed by atoms with Crippen molar-refractivity contribution in [1.82, 2.24) is 0 Å². The van der Waals surface area contributed by atoms with Crippen LogP contribution in [0.25, 0.3) is 0 Å². The number of carbonyl (C=O) groups is 3. The van der Waals surface area contributed by atoms with Crippen LogP contribution < -0.4 is 0 Å². The molecule has 1 saturated carbocycles. The zero-order chi connectivity index (χ0) is 11.4. The van der Waals surface area contributed by atoms with Crippen molar-refractivity contribution in [2.24, 2.45) is 5.92 Å². The largest absolute Gasteiger partial charge is 0.464 e. The van der Waals surface area contributed by atoms with Crippen LogP contribution in [-0.2, 0) is 19.1 Å². The second-order valence-electron chi connectivity index (χ2n) is 3.51. The lowest BCUT2D eigenvalue weighted by molar-refractivity contribution is -0.160. The van der Waals surface area contributed by atoms with Crippen molar-refractivity contribution >= 4 is 17.5 Å². The third kappa shape index (κ3) is 2.86. The van der Waals surface area contributed by atoms with Crippen molar-refractivity contribution in [2.45, 2.75) is 32.3 Å². The molecule has 1 aliphatic rings. The molecule has 0 bridgehead atoms. The van der Waals surface area contributed by atoms with Crippen molar-refractivity contribution in [3.8, 4) is 0 Å². The van der Waals surface area contributed by atoms with E-state index in [1.165, 1.54) is 0 Å². The molecule has 84 valence electrons. The molecule has 0 radical (unpaired) electrons. The monoisotopic (exact) mass is 214 g/mol. The molecule has 0 amide bonds. The summed E-state index contributed by atoms with van der Waals surface area (Å²) in [4.78, 5) is 33.6. The second-order valence-corrected chi connectivity index (χ2v) is 3.51. The first-order chi connectivity index (χ1) is 7.06. The Morgan fingerprint density at radius 1 is 1.53 bits per heavy atom. The number of hydrogen-bond acceptors (Lipinski definition) is 5. The molecule has 5 nitrogen and oxygen atoms in total. The van der Waals surface area contributed by atoms with E-state index >= 15 is 0 Å². The van der Waals surface area contributed by atoms with Crippen LogP contribution in [0.4, 0.5) is 0 Å². The molecule has 1 aliphatic carbocycles. The Balaban J connectivity index is 2.64. The molecule has 0 spiro atoms. The van der Waals surface area contributed by atoms with Crippen LogP contribution in [0.3, 0.4) is 0 Å². The summed E-state index contributed by atoms with van der Waals surface area (Å²) in [5, 5.41) is 9.51. The SMILES string of the molecule is CCOC(=O)[C@H](O)[C@H]1CC(=O)CCC1=O. The van der Waals surface area contributed by atoms with Gasteiger partial charge in [0, 0.05) is 19.3 Å². The summed E-state index contributed by atoms with van der Waals surface area (Å²) in [6.45, 7) is 1.75. The Labute approximate surface area is 87.4 Å². The summed E-state index contributed by atoms with van der Waals surface area (Å²) in [6.07, 6.45) is -1.23. The minimum atomic E-state index is -1.50. The van der Waals surface area contributed by atoms with E-state index in [1.807, 2.05) is 0 Å². The smallest absolute Gasteiger partial charge is 0.335 e. The first kappa shape index (κ1) is 11.8. The van der Waals surface area contributed by atoms with Gasteiger partial charge < -0.3 is 9.84 Å². The molecule has 0 aromatic carbocycles. The van der Waals surface area contributed by atoms with Crippen molar-refractivity contribution < 1.29 is 24.2 Å². The van der Waals surface area contributed by atoms with Gasteiger partial charge in [0.15, 0.2) is 6.10 Å². The first-order valence-corrected chi connectivity index (χ1v) is 4.95. The molecular formula is C10H14O5. The molecule has 0 saturated heterocycles. The lowest BCUT2D eigenvalue weighted by Crippen LogP contribution is -2.40. The Morgan fingerprint density at radius 3 is 2.80 bits per heavy atom. The van der Waals surface area contributed by atoms with Crippen LogP contribution >= 0.6 is 0 Å². The van der Waals surface area contributed by atoms with E-state index in [1.54, 1.807) is 6.92 Å². The third-order valence-corrected chi connectivity index (χ3v) is 2.42. The molecule has 0 aliphatic heterocycles. The average Bonchev–Trinajstić information content (AvgIpc) is 2.21. The van der Waals surface area contributed by atoms with Gasteiger partial charge in [-0.2, -0.15) is 0 Å². The zero-order valence-electron chi connectivity index (χ0n) is 8.56. The van der Waals surface area contributed by atoms with Gasteiger partial charge in [0.2, 0.25) is 0 Å². The van der Waals surface area contributed by atoms with Gasteiger partial charge in [-0.05, 0) is 6.92 Å². The number of carbonyl (C=O) groups excluding carboxylic acids is 3. The van der Waals surface area contributed by atoms with Crippen molar-refractivity contribution in [1.29, 1.82) is 0 Å².